The number of hydrogen-bond acceptors (Lipinski definition) is 8. The third-order valence-corrected chi connectivity index (χ3v) is 10.0. The molecule has 2 aromatic carbocycles. The number of fused-ring (bicyclic) bond motifs is 4. The first-order valence-corrected chi connectivity index (χ1v) is 15.7. The van der Waals surface area contributed by atoms with Crippen molar-refractivity contribution < 1.29 is 31.4 Å². The zero-order chi connectivity index (χ0) is 32.7. The lowest BCUT2D eigenvalue weighted by molar-refractivity contribution is -0.0204. The van der Waals surface area contributed by atoms with E-state index in [1.54, 1.807) is 11.0 Å². The Morgan fingerprint density at radius 3 is 2.72 bits per heavy atom. The second-order valence-electron chi connectivity index (χ2n) is 13.1. The number of rotatable bonds is 4. The van der Waals surface area contributed by atoms with Crippen molar-refractivity contribution in [1.29, 1.82) is 0 Å². The van der Waals surface area contributed by atoms with Crippen LogP contribution in [0.1, 0.15) is 44.1 Å². The summed E-state index contributed by atoms with van der Waals surface area (Å²) in [5.74, 6) is -2.07. The Morgan fingerprint density at radius 1 is 1.06 bits per heavy atom. The Bertz CT molecular complexity index is 1990. The van der Waals surface area contributed by atoms with Gasteiger partial charge in [0, 0.05) is 49.0 Å². The molecule has 47 heavy (non-hydrogen) atoms. The Kier molecular flexibility index (Phi) is 6.88. The van der Waals surface area contributed by atoms with Gasteiger partial charge in [-0.3, -0.25) is 4.90 Å². The van der Waals surface area contributed by atoms with Gasteiger partial charge in [0.1, 0.15) is 47.6 Å². The van der Waals surface area contributed by atoms with Crippen molar-refractivity contribution in [2.45, 2.75) is 62.2 Å². The molecule has 0 amide bonds. The fourth-order valence-electron chi connectivity index (χ4n) is 7.95. The van der Waals surface area contributed by atoms with E-state index in [0.717, 1.165) is 19.4 Å². The van der Waals surface area contributed by atoms with Gasteiger partial charge in [-0.2, -0.15) is 9.97 Å². The molecule has 4 aromatic rings. The maximum atomic E-state index is 17.0. The summed E-state index contributed by atoms with van der Waals surface area (Å²) in [6.45, 7) is 1.18. The zero-order valence-electron chi connectivity index (χ0n) is 25.3. The molecule has 0 radical (unpaired) electrons. The Labute approximate surface area is 267 Å². The Balaban J connectivity index is 1.33. The van der Waals surface area contributed by atoms with Crippen LogP contribution in [0.5, 0.6) is 11.9 Å². The van der Waals surface area contributed by atoms with Crippen LogP contribution in [0.15, 0.2) is 24.3 Å². The molecule has 8 nitrogen and oxygen atoms in total. The second-order valence-corrected chi connectivity index (χ2v) is 13.1. The number of anilines is 2. The molecule has 4 aliphatic rings. The van der Waals surface area contributed by atoms with Crippen molar-refractivity contribution in [3.8, 4) is 35.5 Å². The first kappa shape index (κ1) is 29.9. The normalized spacial score (nSPS) is 25.1. The number of halogens is 5. The van der Waals surface area contributed by atoms with Gasteiger partial charge in [0.15, 0.2) is 5.82 Å². The van der Waals surface area contributed by atoms with E-state index < -0.39 is 41.7 Å². The van der Waals surface area contributed by atoms with Gasteiger partial charge in [0.2, 0.25) is 11.8 Å². The monoisotopic (exact) mass is 650 g/mol. The number of terminal acetylenes is 1. The predicted molar refractivity (Wildman–Crippen MR) is 167 cm³/mol. The quantitative estimate of drug-likeness (QED) is 0.163. The second kappa shape index (κ2) is 10.8. The minimum atomic E-state index is -2.94. The van der Waals surface area contributed by atoms with Gasteiger partial charge in [-0.15, -0.1) is 6.42 Å². The van der Waals surface area contributed by atoms with Crippen LogP contribution in [0.25, 0.3) is 32.9 Å². The molecule has 2 aromatic heterocycles. The number of nitrogens with zero attached hydrogens (tertiary/aromatic N) is 5. The van der Waals surface area contributed by atoms with Crippen LogP contribution in [0.2, 0.25) is 0 Å². The van der Waals surface area contributed by atoms with Crippen LogP contribution in [0.4, 0.5) is 33.5 Å². The number of aromatic nitrogens is 3. The van der Waals surface area contributed by atoms with E-state index in [0.29, 0.717) is 18.4 Å². The van der Waals surface area contributed by atoms with Crippen molar-refractivity contribution in [3.05, 3.63) is 41.5 Å². The molecule has 2 N–H and O–H groups in total. The van der Waals surface area contributed by atoms with Gasteiger partial charge in [-0.25, -0.2) is 26.9 Å². The summed E-state index contributed by atoms with van der Waals surface area (Å²) >= 11 is 0. The topological polar surface area (TPSA) is 89.6 Å². The number of nitrogen functional groups attached to an aromatic ring is 1. The molecule has 6 heterocycles. The third-order valence-electron chi connectivity index (χ3n) is 10.0. The molecule has 0 bridgehead atoms. The lowest BCUT2D eigenvalue weighted by Gasteiger charge is -2.31. The maximum absolute atomic E-state index is 17.0. The van der Waals surface area contributed by atoms with E-state index in [1.165, 1.54) is 18.2 Å². The van der Waals surface area contributed by atoms with E-state index in [-0.39, 0.29) is 89.1 Å². The highest BCUT2D eigenvalue weighted by Crippen LogP contribution is 2.45. The molecule has 3 saturated heterocycles. The SMILES string of the molecule is C#Cc1c(F)ccc2cc(N)cc(-c3nc4c5c(nc(OC[C@@]67CCCN6C[C@H](F)C7)nc5c3F)N3CCCC(F)(F)C[C@H]3CO4)c12. The number of nitrogens with two attached hydrogens (primary N) is 1. The highest BCUT2D eigenvalue weighted by atomic mass is 19.3. The van der Waals surface area contributed by atoms with Crippen molar-refractivity contribution in [2.24, 2.45) is 0 Å². The van der Waals surface area contributed by atoms with Gasteiger partial charge in [-0.05, 0) is 49.4 Å². The van der Waals surface area contributed by atoms with Crippen LogP contribution in [-0.2, 0) is 0 Å². The Morgan fingerprint density at radius 2 is 1.89 bits per heavy atom. The number of pyridine rings is 1. The summed E-state index contributed by atoms with van der Waals surface area (Å²) in [7, 11) is 0. The van der Waals surface area contributed by atoms with Crippen LogP contribution >= 0.6 is 0 Å². The first-order chi connectivity index (χ1) is 22.6. The molecular formula is C34H31F5N6O2. The number of ether oxygens (including phenoxy) is 2. The molecule has 8 rings (SSSR count). The molecule has 0 spiro atoms. The van der Waals surface area contributed by atoms with Crippen LogP contribution in [-0.4, -0.2) is 76.4 Å². The molecule has 4 aliphatic heterocycles. The van der Waals surface area contributed by atoms with Crippen molar-refractivity contribution in [2.75, 3.05) is 43.5 Å². The molecule has 13 heteroatoms. The van der Waals surface area contributed by atoms with Crippen molar-refractivity contribution in [3.63, 3.8) is 0 Å². The van der Waals surface area contributed by atoms with Crippen molar-refractivity contribution >= 4 is 33.2 Å². The number of alkyl halides is 3. The predicted octanol–water partition coefficient (Wildman–Crippen LogP) is 6.03. The van der Waals surface area contributed by atoms with Gasteiger partial charge in [-0.1, -0.05) is 12.0 Å². The van der Waals surface area contributed by atoms with E-state index in [9.17, 15) is 17.6 Å². The number of benzene rings is 2. The molecule has 244 valence electrons. The number of hydrogen-bond donors (Lipinski definition) is 1. The summed E-state index contributed by atoms with van der Waals surface area (Å²) in [6, 6.07) is 4.74. The molecular weight excluding hydrogens is 619 g/mol. The fraction of sp³-hybridized carbons (Fsp3) is 0.441. The van der Waals surface area contributed by atoms with E-state index >= 15 is 4.39 Å². The van der Waals surface area contributed by atoms with Gasteiger partial charge < -0.3 is 20.1 Å². The molecule has 0 unspecified atom stereocenters. The standard InChI is InChI=1S/C34H31F5N6O2/c1-2-22-24(36)6-5-18-11-20(40)12-23(25(18)22)28-27(37)29-26-30(45-10-4-8-34(38,39)14-21(45)16-46-31(26)41-28)43-32(42-29)47-17-33-7-3-9-44(33)15-19(35)13-33/h1,5-6,11-12,19,21H,3-4,7-10,13-17,40H2/t19-,21+,33+/m1/s1. The minimum absolute atomic E-state index is 0.0693. The largest absolute Gasteiger partial charge is 0.475 e. The lowest BCUT2D eigenvalue weighted by atomic mass is 9.95. The molecule has 0 aliphatic carbocycles. The molecule has 3 fully saturated rings. The van der Waals surface area contributed by atoms with E-state index in [2.05, 4.69) is 25.8 Å². The average Bonchev–Trinajstić information content (AvgIpc) is 3.45. The van der Waals surface area contributed by atoms with Crippen LogP contribution in [0, 0.1) is 24.0 Å². The smallest absolute Gasteiger partial charge is 0.319 e. The summed E-state index contributed by atoms with van der Waals surface area (Å²) in [6.07, 6.45) is 5.98. The van der Waals surface area contributed by atoms with E-state index in [1.807, 2.05) is 0 Å². The minimum Gasteiger partial charge on any atom is -0.475 e. The van der Waals surface area contributed by atoms with E-state index in [4.69, 9.17) is 21.6 Å². The third kappa shape index (κ3) is 4.87. The van der Waals surface area contributed by atoms with Crippen molar-refractivity contribution in [1.82, 2.24) is 19.9 Å². The van der Waals surface area contributed by atoms with Gasteiger partial charge >= 0.3 is 6.01 Å². The summed E-state index contributed by atoms with van der Waals surface area (Å²) in [5, 5.41) is 0.789. The van der Waals surface area contributed by atoms with Crippen LogP contribution < -0.4 is 20.1 Å². The van der Waals surface area contributed by atoms with Gasteiger partial charge in [0.25, 0.3) is 0 Å². The average molecular weight is 651 g/mol. The summed E-state index contributed by atoms with van der Waals surface area (Å²) < 4.78 is 88.3. The van der Waals surface area contributed by atoms with Gasteiger partial charge in [0.05, 0.1) is 17.1 Å². The summed E-state index contributed by atoms with van der Waals surface area (Å²) in [4.78, 5) is 17.5. The molecule has 0 saturated carbocycles. The maximum Gasteiger partial charge on any atom is 0.319 e. The zero-order valence-corrected chi connectivity index (χ0v) is 25.3. The fourth-order valence-corrected chi connectivity index (χ4v) is 7.95. The highest BCUT2D eigenvalue weighted by Gasteiger charge is 2.49. The molecule has 3 atom stereocenters. The summed E-state index contributed by atoms with van der Waals surface area (Å²) in [5.41, 5.74) is 5.45. The first-order valence-electron chi connectivity index (χ1n) is 15.7. The highest BCUT2D eigenvalue weighted by molar-refractivity contribution is 6.04. The Hall–Kier alpha value is -4.44. The lowest BCUT2D eigenvalue weighted by Crippen LogP contribution is -2.43. The van der Waals surface area contributed by atoms with Crippen LogP contribution in [0.3, 0.4) is 0 Å².